The highest BCUT2D eigenvalue weighted by Gasteiger charge is 2.18. The van der Waals surface area contributed by atoms with Gasteiger partial charge in [0.2, 0.25) is 5.78 Å². The third-order valence-corrected chi connectivity index (χ3v) is 2.56. The van der Waals surface area contributed by atoms with E-state index in [2.05, 4.69) is 41.9 Å². The van der Waals surface area contributed by atoms with E-state index in [9.17, 15) is 4.79 Å². The largest absolute Gasteiger partial charge is 0.290 e. The molecule has 0 saturated carbocycles. The lowest BCUT2D eigenvalue weighted by Gasteiger charge is -1.99. The number of alkyl halides is 2. The van der Waals surface area contributed by atoms with Gasteiger partial charge in [-0.1, -0.05) is 31.9 Å². The number of rotatable bonds is 2. The first-order chi connectivity index (χ1) is 6.70. The number of hydrogen-bond donors (Lipinski definition) is 0. The minimum absolute atomic E-state index is 0.101. The number of aromatic nitrogens is 3. The fraction of sp³-hybridized carbons (Fsp3) is 0.125. The van der Waals surface area contributed by atoms with Gasteiger partial charge in [0.25, 0.3) is 0 Å². The van der Waals surface area contributed by atoms with Gasteiger partial charge in [-0.3, -0.25) is 4.79 Å². The van der Waals surface area contributed by atoms with Crippen molar-refractivity contribution in [3.63, 3.8) is 0 Å². The number of halogens is 2. The van der Waals surface area contributed by atoms with Crippen molar-refractivity contribution in [1.82, 2.24) is 14.6 Å². The van der Waals surface area contributed by atoms with Gasteiger partial charge in [-0.15, -0.1) is 0 Å². The first-order valence-electron chi connectivity index (χ1n) is 3.81. The summed E-state index contributed by atoms with van der Waals surface area (Å²) in [5.41, 5.74) is 1.12. The van der Waals surface area contributed by atoms with Crippen molar-refractivity contribution < 1.29 is 4.79 Å². The normalized spacial score (nSPS) is 11.1. The van der Waals surface area contributed by atoms with Gasteiger partial charge in [0.05, 0.1) is 6.20 Å². The van der Waals surface area contributed by atoms with Crippen LogP contribution in [-0.2, 0) is 0 Å². The molecule has 0 spiro atoms. The van der Waals surface area contributed by atoms with Crippen molar-refractivity contribution in [1.29, 1.82) is 0 Å². The maximum atomic E-state index is 11.6. The van der Waals surface area contributed by atoms with Gasteiger partial charge in [-0.05, 0) is 12.1 Å². The summed E-state index contributed by atoms with van der Waals surface area (Å²) in [5, 5.41) is 4.04. The number of imidazole rings is 1. The summed E-state index contributed by atoms with van der Waals surface area (Å²) in [6.45, 7) is 0. The van der Waals surface area contributed by atoms with Gasteiger partial charge in [-0.2, -0.15) is 5.10 Å². The van der Waals surface area contributed by atoms with Crippen LogP contribution in [0.4, 0.5) is 0 Å². The predicted octanol–water partition coefficient (Wildman–Crippen LogP) is 2.03. The third-order valence-electron chi connectivity index (χ3n) is 1.73. The number of hydrogen-bond acceptors (Lipinski definition) is 3. The minimum Gasteiger partial charge on any atom is -0.290 e. The van der Waals surface area contributed by atoms with E-state index < -0.39 is 3.74 Å². The molecule has 0 saturated heterocycles. The van der Waals surface area contributed by atoms with E-state index in [1.807, 2.05) is 0 Å². The second kappa shape index (κ2) is 3.78. The van der Waals surface area contributed by atoms with Crippen LogP contribution in [-0.4, -0.2) is 24.1 Å². The molecule has 2 heterocycles. The maximum Gasteiger partial charge on any atom is 0.207 e. The van der Waals surface area contributed by atoms with Gasteiger partial charge in [0.1, 0.15) is 9.43 Å². The number of Topliss-reactive ketones (excluding diaryl/α,β-unsaturated/α-hetero) is 1. The molecule has 0 bridgehead atoms. The van der Waals surface area contributed by atoms with Crippen molar-refractivity contribution in [3.8, 4) is 0 Å². The van der Waals surface area contributed by atoms with Crippen LogP contribution >= 0.6 is 31.9 Å². The molecule has 0 fully saturated rings. The molecule has 72 valence electrons. The summed E-state index contributed by atoms with van der Waals surface area (Å²) in [5.74, 6) is -0.101. The monoisotopic (exact) mass is 317 g/mol. The van der Waals surface area contributed by atoms with Crippen molar-refractivity contribution in [2.45, 2.75) is 3.74 Å². The van der Waals surface area contributed by atoms with Gasteiger partial charge >= 0.3 is 0 Å². The van der Waals surface area contributed by atoms with Gasteiger partial charge < -0.3 is 0 Å². The zero-order valence-corrected chi connectivity index (χ0v) is 10.1. The Hall–Kier alpha value is -0.750. The molecule has 6 heteroatoms. The number of fused-ring (bicyclic) bond motifs is 1. The van der Waals surface area contributed by atoms with E-state index in [4.69, 9.17) is 0 Å². The van der Waals surface area contributed by atoms with E-state index >= 15 is 0 Å². The fourth-order valence-electron chi connectivity index (χ4n) is 1.11. The Morgan fingerprint density at radius 3 is 3.00 bits per heavy atom. The second-order valence-electron chi connectivity index (χ2n) is 2.60. The maximum absolute atomic E-state index is 11.6. The Labute approximate surface area is 96.6 Å². The summed E-state index contributed by atoms with van der Waals surface area (Å²) in [4.78, 5) is 15.7. The quantitative estimate of drug-likeness (QED) is 0.629. The first-order valence-corrected chi connectivity index (χ1v) is 5.64. The second-order valence-corrected chi connectivity index (χ2v) is 5.66. The lowest BCUT2D eigenvalue weighted by molar-refractivity contribution is 0.101. The van der Waals surface area contributed by atoms with Crippen molar-refractivity contribution in [2.24, 2.45) is 0 Å². The molecule has 0 aliphatic heterocycles. The van der Waals surface area contributed by atoms with Gasteiger partial charge in [0, 0.05) is 6.20 Å². The lowest BCUT2D eigenvalue weighted by Crippen LogP contribution is -2.11. The fourth-order valence-corrected chi connectivity index (χ4v) is 1.58. The van der Waals surface area contributed by atoms with Crippen LogP contribution in [0.1, 0.15) is 10.5 Å². The molecule has 2 aromatic rings. The lowest BCUT2D eigenvalue weighted by atomic mass is 10.3. The molecule has 2 aromatic heterocycles. The molecule has 0 atom stereocenters. The molecule has 0 radical (unpaired) electrons. The van der Waals surface area contributed by atoms with Crippen molar-refractivity contribution in [2.75, 3.05) is 0 Å². The van der Waals surface area contributed by atoms with Crippen LogP contribution in [0.2, 0.25) is 0 Å². The molecule has 0 aromatic carbocycles. The molecular formula is C8H5Br2N3O. The summed E-state index contributed by atoms with van der Waals surface area (Å²) >= 11 is 6.29. The third kappa shape index (κ3) is 1.59. The van der Waals surface area contributed by atoms with Crippen molar-refractivity contribution in [3.05, 3.63) is 30.2 Å². The number of nitrogens with zero attached hydrogens (tertiary/aromatic N) is 3. The molecule has 0 aliphatic carbocycles. The molecule has 14 heavy (non-hydrogen) atoms. The molecule has 0 N–H and O–H groups in total. The van der Waals surface area contributed by atoms with E-state index in [1.54, 1.807) is 18.3 Å². The molecule has 0 amide bonds. The van der Waals surface area contributed by atoms with Crippen LogP contribution in [0.15, 0.2) is 24.5 Å². The SMILES string of the molecule is O=C(c1cnc2cccnn12)C(Br)Br. The van der Waals surface area contributed by atoms with E-state index in [-0.39, 0.29) is 5.78 Å². The average Bonchev–Trinajstić information content (AvgIpc) is 2.60. The summed E-state index contributed by atoms with van der Waals surface area (Å²) in [7, 11) is 0. The Bertz CT molecular complexity index is 480. The molecule has 2 rings (SSSR count). The number of ketones is 1. The molecular weight excluding hydrogens is 314 g/mol. The highest BCUT2D eigenvalue weighted by atomic mass is 79.9. The standard InChI is InChI=1S/C8H5Br2N3O/c9-8(10)7(14)5-4-11-6-2-1-3-12-13(5)6/h1-4,8H. The summed E-state index contributed by atoms with van der Waals surface area (Å²) in [6.07, 6.45) is 3.13. The zero-order valence-electron chi connectivity index (χ0n) is 6.89. The van der Waals surface area contributed by atoms with Crippen LogP contribution in [0.25, 0.3) is 5.65 Å². The average molecular weight is 319 g/mol. The van der Waals surface area contributed by atoms with Crippen molar-refractivity contribution >= 4 is 43.3 Å². The molecule has 4 nitrogen and oxygen atoms in total. The van der Waals surface area contributed by atoms with Crippen LogP contribution in [0, 0.1) is 0 Å². The highest BCUT2D eigenvalue weighted by Crippen LogP contribution is 2.15. The Balaban J connectivity index is 2.58. The first kappa shape index (κ1) is 9.79. The number of carbonyl (C=O) groups is 1. The number of carbonyl (C=O) groups excluding carboxylic acids is 1. The Kier molecular flexibility index (Phi) is 2.64. The van der Waals surface area contributed by atoms with Crippen LogP contribution in [0.3, 0.4) is 0 Å². The van der Waals surface area contributed by atoms with Crippen LogP contribution < -0.4 is 0 Å². The molecule has 0 aliphatic rings. The van der Waals surface area contributed by atoms with E-state index in [0.717, 1.165) is 0 Å². The predicted molar refractivity (Wildman–Crippen MR) is 59.0 cm³/mol. The molecule has 0 unspecified atom stereocenters. The van der Waals surface area contributed by atoms with Crippen LogP contribution in [0.5, 0.6) is 0 Å². The van der Waals surface area contributed by atoms with E-state index in [1.165, 1.54) is 10.7 Å². The Morgan fingerprint density at radius 2 is 2.29 bits per heavy atom. The Morgan fingerprint density at radius 1 is 1.50 bits per heavy atom. The van der Waals surface area contributed by atoms with E-state index in [0.29, 0.717) is 11.3 Å². The summed E-state index contributed by atoms with van der Waals surface area (Å²) < 4.78 is 1.11. The smallest absolute Gasteiger partial charge is 0.207 e. The highest BCUT2D eigenvalue weighted by molar-refractivity contribution is 9.25. The minimum atomic E-state index is -0.406. The van der Waals surface area contributed by atoms with Gasteiger partial charge in [0.15, 0.2) is 5.65 Å². The zero-order chi connectivity index (χ0) is 10.1. The van der Waals surface area contributed by atoms with Gasteiger partial charge in [-0.25, -0.2) is 9.50 Å². The topological polar surface area (TPSA) is 47.3 Å². The summed E-state index contributed by atoms with van der Waals surface area (Å²) in [6, 6.07) is 3.57.